The first-order chi connectivity index (χ1) is 14.2. The molecule has 4 rings (SSSR count). The highest BCUT2D eigenvalue weighted by Crippen LogP contribution is 2.32. The van der Waals surface area contributed by atoms with E-state index in [1.54, 1.807) is 24.3 Å². The number of likely N-dealkylation sites (tertiary alicyclic amines) is 1. The molecule has 0 saturated carbocycles. The lowest BCUT2D eigenvalue weighted by atomic mass is 9.82. The molecule has 0 aromatic heterocycles. The fraction of sp³-hybridized carbons (Fsp3) is 0.120. The van der Waals surface area contributed by atoms with Gasteiger partial charge < -0.3 is 4.74 Å². The van der Waals surface area contributed by atoms with E-state index >= 15 is 0 Å². The van der Waals surface area contributed by atoms with Crippen LogP contribution in [0.5, 0.6) is 5.75 Å². The maximum Gasteiger partial charge on any atom is 0.422 e. The third-order valence-electron chi connectivity index (χ3n) is 4.99. The maximum absolute atomic E-state index is 12.8. The van der Waals surface area contributed by atoms with E-state index in [9.17, 15) is 9.59 Å². The second-order valence-corrected chi connectivity index (χ2v) is 6.95. The third kappa shape index (κ3) is 4.27. The molecule has 1 heterocycles. The Morgan fingerprint density at radius 2 is 1.45 bits per heavy atom. The van der Waals surface area contributed by atoms with E-state index in [1.165, 1.54) is 4.90 Å². The first kappa shape index (κ1) is 18.7. The van der Waals surface area contributed by atoms with E-state index in [0.29, 0.717) is 12.2 Å². The van der Waals surface area contributed by atoms with E-state index < -0.39 is 6.09 Å². The Morgan fingerprint density at radius 3 is 2.10 bits per heavy atom. The van der Waals surface area contributed by atoms with Crippen LogP contribution in [-0.4, -0.2) is 22.9 Å². The molecule has 0 radical (unpaired) electrons. The van der Waals surface area contributed by atoms with Crippen LogP contribution in [0.4, 0.5) is 4.79 Å². The highest BCUT2D eigenvalue weighted by Gasteiger charge is 2.50. The molecule has 0 spiro atoms. The van der Waals surface area contributed by atoms with Crippen molar-refractivity contribution >= 4 is 18.1 Å². The van der Waals surface area contributed by atoms with Crippen molar-refractivity contribution in [1.82, 2.24) is 4.90 Å². The van der Waals surface area contributed by atoms with Crippen molar-refractivity contribution in [3.63, 3.8) is 0 Å². The van der Waals surface area contributed by atoms with Gasteiger partial charge in [0.15, 0.2) is 0 Å². The van der Waals surface area contributed by atoms with E-state index in [1.807, 2.05) is 78.9 Å². The highest BCUT2D eigenvalue weighted by atomic mass is 16.6. The molecule has 2 atom stereocenters. The average Bonchev–Trinajstić information content (AvgIpc) is 2.76. The lowest BCUT2D eigenvalue weighted by Gasteiger charge is -2.43. The largest absolute Gasteiger partial charge is 0.422 e. The van der Waals surface area contributed by atoms with Crippen molar-refractivity contribution < 1.29 is 14.3 Å². The molecule has 1 saturated heterocycles. The van der Waals surface area contributed by atoms with Gasteiger partial charge in [-0.05, 0) is 29.7 Å². The highest BCUT2D eigenvalue weighted by molar-refractivity contribution is 6.01. The number of carbonyl (C=O) groups excluding carboxylic acids is 2. The molecule has 1 aliphatic heterocycles. The maximum atomic E-state index is 12.8. The molecule has 2 amide bonds. The van der Waals surface area contributed by atoms with Crippen LogP contribution in [0.1, 0.15) is 11.1 Å². The molecule has 1 fully saturated rings. The summed E-state index contributed by atoms with van der Waals surface area (Å²) in [6, 6.07) is 28.1. The summed E-state index contributed by atoms with van der Waals surface area (Å²) in [6.45, 7) is 0. The molecule has 4 nitrogen and oxygen atoms in total. The second-order valence-electron chi connectivity index (χ2n) is 6.95. The van der Waals surface area contributed by atoms with Gasteiger partial charge in [-0.1, -0.05) is 91.0 Å². The summed E-state index contributed by atoms with van der Waals surface area (Å²) >= 11 is 0. The predicted molar refractivity (Wildman–Crippen MR) is 112 cm³/mol. The lowest BCUT2D eigenvalue weighted by Crippen LogP contribution is -2.63. The first-order valence-corrected chi connectivity index (χ1v) is 9.59. The van der Waals surface area contributed by atoms with Crippen LogP contribution in [0.25, 0.3) is 6.08 Å². The van der Waals surface area contributed by atoms with Crippen molar-refractivity contribution in [3.05, 3.63) is 108 Å². The monoisotopic (exact) mass is 383 g/mol. The standard InChI is InChI=1S/C25H21NO3/c27-24-22(18-20-12-6-2-7-13-20)23(17-16-19-10-4-1-5-11-19)26(24)25(28)29-21-14-8-3-9-15-21/h1-17,22-23H,18H2/t22-,23-/m1/s1. The van der Waals surface area contributed by atoms with Crippen LogP contribution in [0.3, 0.4) is 0 Å². The number of para-hydroxylation sites is 1. The lowest BCUT2D eigenvalue weighted by molar-refractivity contribution is -0.148. The van der Waals surface area contributed by atoms with Crippen LogP contribution < -0.4 is 4.74 Å². The third-order valence-corrected chi connectivity index (χ3v) is 4.99. The van der Waals surface area contributed by atoms with Crippen LogP contribution in [-0.2, 0) is 11.2 Å². The minimum Gasteiger partial charge on any atom is -0.410 e. The summed E-state index contributed by atoms with van der Waals surface area (Å²) in [7, 11) is 0. The van der Waals surface area contributed by atoms with E-state index in [0.717, 1.165) is 11.1 Å². The average molecular weight is 383 g/mol. The zero-order chi connectivity index (χ0) is 20.1. The molecular weight excluding hydrogens is 362 g/mol. The normalized spacial score (nSPS) is 18.5. The van der Waals surface area contributed by atoms with Crippen LogP contribution in [0, 0.1) is 5.92 Å². The summed E-state index contributed by atoms with van der Waals surface area (Å²) in [5, 5.41) is 0. The molecule has 144 valence electrons. The number of rotatable bonds is 5. The SMILES string of the molecule is O=C(Oc1ccccc1)N1C(=O)[C@H](Cc2ccccc2)[C@H]1C=Cc1ccccc1. The number of benzene rings is 3. The molecule has 0 bridgehead atoms. The Morgan fingerprint density at radius 1 is 0.862 bits per heavy atom. The molecule has 3 aromatic rings. The zero-order valence-electron chi connectivity index (χ0n) is 15.8. The number of nitrogens with zero attached hydrogens (tertiary/aromatic N) is 1. The van der Waals surface area contributed by atoms with Gasteiger partial charge in [-0.2, -0.15) is 0 Å². The summed E-state index contributed by atoms with van der Waals surface area (Å²) in [6.07, 6.45) is 3.79. The minimum atomic E-state index is -0.645. The molecule has 4 heteroatoms. The van der Waals surface area contributed by atoms with Gasteiger partial charge in [0.2, 0.25) is 5.91 Å². The van der Waals surface area contributed by atoms with Crippen molar-refractivity contribution in [2.75, 3.05) is 0 Å². The predicted octanol–water partition coefficient (Wildman–Crippen LogP) is 4.97. The molecule has 0 N–H and O–H groups in total. The number of hydrogen-bond donors (Lipinski definition) is 0. The van der Waals surface area contributed by atoms with Gasteiger partial charge in [-0.25, -0.2) is 9.69 Å². The molecule has 0 aliphatic carbocycles. The van der Waals surface area contributed by atoms with Crippen molar-refractivity contribution in [2.24, 2.45) is 5.92 Å². The van der Waals surface area contributed by atoms with Crippen molar-refractivity contribution in [3.8, 4) is 5.75 Å². The second kappa shape index (κ2) is 8.57. The topological polar surface area (TPSA) is 46.6 Å². The number of β-lactam (4-membered cyclic amide) rings is 1. The zero-order valence-corrected chi connectivity index (χ0v) is 15.8. The molecule has 3 aromatic carbocycles. The van der Waals surface area contributed by atoms with Crippen LogP contribution in [0.15, 0.2) is 97.1 Å². The Labute approximate surface area is 170 Å². The van der Waals surface area contributed by atoms with E-state index in [2.05, 4.69) is 0 Å². The van der Waals surface area contributed by atoms with Gasteiger partial charge in [0.1, 0.15) is 5.75 Å². The van der Waals surface area contributed by atoms with Crippen molar-refractivity contribution in [1.29, 1.82) is 0 Å². The Kier molecular flexibility index (Phi) is 5.52. The van der Waals surface area contributed by atoms with Gasteiger partial charge in [0.05, 0.1) is 12.0 Å². The fourth-order valence-electron chi connectivity index (χ4n) is 3.49. The first-order valence-electron chi connectivity index (χ1n) is 9.59. The Hall–Kier alpha value is -3.66. The molecule has 29 heavy (non-hydrogen) atoms. The molecule has 0 unspecified atom stereocenters. The minimum absolute atomic E-state index is 0.211. The Bertz CT molecular complexity index is 1000. The van der Waals surface area contributed by atoms with Gasteiger partial charge >= 0.3 is 6.09 Å². The molecule has 1 aliphatic rings. The van der Waals surface area contributed by atoms with Crippen LogP contribution >= 0.6 is 0 Å². The summed E-state index contributed by atoms with van der Waals surface area (Å²) < 4.78 is 5.40. The smallest absolute Gasteiger partial charge is 0.410 e. The van der Waals surface area contributed by atoms with Gasteiger partial charge in [-0.3, -0.25) is 4.79 Å². The van der Waals surface area contributed by atoms with E-state index in [-0.39, 0.29) is 17.9 Å². The summed E-state index contributed by atoms with van der Waals surface area (Å²) in [5.74, 6) is -0.0826. The summed E-state index contributed by atoms with van der Waals surface area (Å²) in [5.41, 5.74) is 2.08. The van der Waals surface area contributed by atoms with E-state index in [4.69, 9.17) is 4.74 Å². The Balaban J connectivity index is 1.55. The summed E-state index contributed by atoms with van der Waals surface area (Å²) in [4.78, 5) is 26.7. The molecular formula is C25H21NO3. The number of carbonyl (C=O) groups is 2. The number of hydrogen-bond acceptors (Lipinski definition) is 3. The van der Waals surface area contributed by atoms with Crippen LogP contribution in [0.2, 0.25) is 0 Å². The number of ether oxygens (including phenoxy) is 1. The van der Waals surface area contributed by atoms with Gasteiger partial charge in [-0.15, -0.1) is 0 Å². The van der Waals surface area contributed by atoms with Crippen molar-refractivity contribution in [2.45, 2.75) is 12.5 Å². The fourth-order valence-corrected chi connectivity index (χ4v) is 3.49. The number of imide groups is 1. The number of amides is 2. The quantitative estimate of drug-likeness (QED) is 0.585. The van der Waals surface area contributed by atoms with Gasteiger partial charge in [0, 0.05) is 0 Å². The van der Waals surface area contributed by atoms with Gasteiger partial charge in [0.25, 0.3) is 0 Å².